The van der Waals surface area contributed by atoms with Gasteiger partial charge in [0.05, 0.1) is 0 Å². The van der Waals surface area contributed by atoms with Gasteiger partial charge in [-0.1, -0.05) is 23.7 Å². The summed E-state index contributed by atoms with van der Waals surface area (Å²) in [6.45, 7) is 1.53. The summed E-state index contributed by atoms with van der Waals surface area (Å²) in [7, 11) is 0. The molecule has 1 aromatic rings. The molecule has 1 unspecified atom stereocenters. The molecule has 0 amide bonds. The Hall–Kier alpha value is -0.570. The summed E-state index contributed by atoms with van der Waals surface area (Å²) in [5, 5.41) is 4.22. The van der Waals surface area contributed by atoms with E-state index in [4.69, 9.17) is 17.3 Å². The first kappa shape index (κ1) is 9.00. The lowest BCUT2D eigenvalue weighted by molar-refractivity contribution is 0.487. The minimum Gasteiger partial charge on any atom is -0.329 e. The fourth-order valence-electron chi connectivity index (χ4n) is 1.74. The smallest absolute Gasteiger partial charge is 0.0453 e. The van der Waals surface area contributed by atoms with Crippen LogP contribution in [0.4, 0.5) is 0 Å². The number of nitrogens with two attached hydrogens (primary N) is 1. The maximum Gasteiger partial charge on any atom is 0.0453 e. The molecule has 1 aromatic carbocycles. The largest absolute Gasteiger partial charge is 0.329 e. The minimum atomic E-state index is 0.408. The summed E-state index contributed by atoms with van der Waals surface area (Å²) >= 11 is 6.06. The van der Waals surface area contributed by atoms with Crippen molar-refractivity contribution in [1.29, 1.82) is 0 Å². The number of benzene rings is 1. The van der Waals surface area contributed by atoms with E-state index in [2.05, 4.69) is 11.4 Å². The van der Waals surface area contributed by atoms with Gasteiger partial charge in [-0.05, 0) is 23.6 Å². The van der Waals surface area contributed by atoms with Crippen LogP contribution >= 0.6 is 11.6 Å². The zero-order valence-corrected chi connectivity index (χ0v) is 8.14. The van der Waals surface area contributed by atoms with Gasteiger partial charge in [0, 0.05) is 24.2 Å². The lowest BCUT2D eigenvalue weighted by atomic mass is 9.96. The van der Waals surface area contributed by atoms with Crippen LogP contribution in [0.3, 0.4) is 0 Å². The SMILES string of the molecule is NCC1Cc2cccc(Cl)c2CN1. The quantitative estimate of drug-likeness (QED) is 0.711. The molecule has 0 saturated carbocycles. The lowest BCUT2D eigenvalue weighted by Crippen LogP contribution is -2.41. The molecule has 0 radical (unpaired) electrons. The molecule has 13 heavy (non-hydrogen) atoms. The summed E-state index contributed by atoms with van der Waals surface area (Å²) in [6, 6.07) is 6.47. The second-order valence-electron chi connectivity index (χ2n) is 3.40. The standard InChI is InChI=1S/C10H13ClN2/c11-10-3-1-2-7-4-8(5-12)13-6-9(7)10/h1-3,8,13H,4-6,12H2. The molecule has 3 N–H and O–H groups in total. The third kappa shape index (κ3) is 1.70. The van der Waals surface area contributed by atoms with Crippen LogP contribution in [-0.4, -0.2) is 12.6 Å². The molecule has 1 atom stereocenters. The summed E-state index contributed by atoms with van der Waals surface area (Å²) in [6.07, 6.45) is 0.992. The third-order valence-electron chi connectivity index (χ3n) is 2.53. The Balaban J connectivity index is 2.31. The first-order chi connectivity index (χ1) is 6.31. The summed E-state index contributed by atoms with van der Waals surface area (Å²) in [4.78, 5) is 0. The van der Waals surface area contributed by atoms with Crippen molar-refractivity contribution >= 4 is 11.6 Å². The Bertz CT molecular complexity index is 312. The maximum absolute atomic E-state index is 6.06. The number of fused-ring (bicyclic) bond motifs is 1. The van der Waals surface area contributed by atoms with Gasteiger partial charge in [0.15, 0.2) is 0 Å². The predicted octanol–water partition coefficient (Wildman–Crippen LogP) is 1.31. The van der Waals surface area contributed by atoms with Crippen LogP contribution in [0.1, 0.15) is 11.1 Å². The number of nitrogens with one attached hydrogen (secondary N) is 1. The fraction of sp³-hybridized carbons (Fsp3) is 0.400. The highest BCUT2D eigenvalue weighted by Gasteiger charge is 2.17. The molecular weight excluding hydrogens is 184 g/mol. The van der Waals surface area contributed by atoms with Crippen molar-refractivity contribution < 1.29 is 0 Å². The highest BCUT2D eigenvalue weighted by Crippen LogP contribution is 2.23. The molecule has 1 aliphatic heterocycles. The average molecular weight is 197 g/mol. The average Bonchev–Trinajstić information content (AvgIpc) is 2.18. The van der Waals surface area contributed by atoms with Gasteiger partial charge in [-0.15, -0.1) is 0 Å². The van der Waals surface area contributed by atoms with Crippen molar-refractivity contribution in [3.05, 3.63) is 34.3 Å². The molecule has 1 heterocycles. The van der Waals surface area contributed by atoms with E-state index in [1.807, 2.05) is 12.1 Å². The van der Waals surface area contributed by atoms with Crippen LogP contribution < -0.4 is 11.1 Å². The molecule has 1 aliphatic rings. The van der Waals surface area contributed by atoms with Gasteiger partial charge in [-0.3, -0.25) is 0 Å². The summed E-state index contributed by atoms with van der Waals surface area (Å²) in [5.74, 6) is 0. The van der Waals surface area contributed by atoms with Gasteiger partial charge in [0.1, 0.15) is 0 Å². The van der Waals surface area contributed by atoms with Crippen molar-refractivity contribution in [2.24, 2.45) is 5.73 Å². The van der Waals surface area contributed by atoms with Crippen LogP contribution in [0, 0.1) is 0 Å². The Labute approximate surface area is 83.1 Å². The molecule has 3 heteroatoms. The van der Waals surface area contributed by atoms with E-state index in [0.29, 0.717) is 12.6 Å². The van der Waals surface area contributed by atoms with Crippen LogP contribution in [0.15, 0.2) is 18.2 Å². The Morgan fingerprint density at radius 3 is 3.15 bits per heavy atom. The van der Waals surface area contributed by atoms with Crippen LogP contribution in [0.2, 0.25) is 5.02 Å². The first-order valence-corrected chi connectivity index (χ1v) is 4.89. The number of hydrogen-bond donors (Lipinski definition) is 2. The molecular formula is C10H13ClN2. The Morgan fingerprint density at radius 2 is 2.38 bits per heavy atom. The lowest BCUT2D eigenvalue weighted by Gasteiger charge is -2.25. The summed E-state index contributed by atoms with van der Waals surface area (Å²) in [5.41, 5.74) is 8.17. The topological polar surface area (TPSA) is 38.0 Å². The van der Waals surface area contributed by atoms with Crippen molar-refractivity contribution in [3.63, 3.8) is 0 Å². The summed E-state index contributed by atoms with van der Waals surface area (Å²) < 4.78 is 0. The first-order valence-electron chi connectivity index (χ1n) is 4.51. The van der Waals surface area contributed by atoms with Crippen molar-refractivity contribution in [2.45, 2.75) is 19.0 Å². The zero-order valence-electron chi connectivity index (χ0n) is 7.39. The number of rotatable bonds is 1. The second-order valence-corrected chi connectivity index (χ2v) is 3.80. The van der Waals surface area contributed by atoms with Gasteiger partial charge in [-0.2, -0.15) is 0 Å². The van der Waals surface area contributed by atoms with E-state index in [9.17, 15) is 0 Å². The van der Waals surface area contributed by atoms with Gasteiger partial charge >= 0.3 is 0 Å². The van der Waals surface area contributed by atoms with Crippen LogP contribution in [-0.2, 0) is 13.0 Å². The van der Waals surface area contributed by atoms with E-state index in [1.165, 1.54) is 11.1 Å². The highest BCUT2D eigenvalue weighted by molar-refractivity contribution is 6.31. The Morgan fingerprint density at radius 1 is 1.54 bits per heavy atom. The third-order valence-corrected chi connectivity index (χ3v) is 2.89. The van der Waals surface area contributed by atoms with Gasteiger partial charge in [0.2, 0.25) is 0 Å². The normalized spacial score (nSPS) is 21.2. The molecule has 0 saturated heterocycles. The molecule has 0 aliphatic carbocycles. The highest BCUT2D eigenvalue weighted by atomic mass is 35.5. The molecule has 0 spiro atoms. The Kier molecular flexibility index (Phi) is 2.54. The van der Waals surface area contributed by atoms with Gasteiger partial charge < -0.3 is 11.1 Å². The fourth-order valence-corrected chi connectivity index (χ4v) is 2.00. The van der Waals surface area contributed by atoms with Gasteiger partial charge in [0.25, 0.3) is 0 Å². The second kappa shape index (κ2) is 3.66. The molecule has 0 fully saturated rings. The van der Waals surface area contributed by atoms with E-state index in [0.717, 1.165) is 18.0 Å². The molecule has 2 nitrogen and oxygen atoms in total. The monoisotopic (exact) mass is 196 g/mol. The van der Waals surface area contributed by atoms with Crippen LogP contribution in [0.25, 0.3) is 0 Å². The van der Waals surface area contributed by atoms with Crippen molar-refractivity contribution in [1.82, 2.24) is 5.32 Å². The van der Waals surface area contributed by atoms with E-state index in [-0.39, 0.29) is 0 Å². The van der Waals surface area contributed by atoms with Crippen molar-refractivity contribution in [2.75, 3.05) is 6.54 Å². The van der Waals surface area contributed by atoms with E-state index >= 15 is 0 Å². The molecule has 0 bridgehead atoms. The molecule has 0 aromatic heterocycles. The van der Waals surface area contributed by atoms with Gasteiger partial charge in [-0.25, -0.2) is 0 Å². The zero-order chi connectivity index (χ0) is 9.26. The van der Waals surface area contributed by atoms with E-state index < -0.39 is 0 Å². The maximum atomic E-state index is 6.06. The molecule has 70 valence electrons. The van der Waals surface area contributed by atoms with Crippen molar-refractivity contribution in [3.8, 4) is 0 Å². The predicted molar refractivity (Wildman–Crippen MR) is 54.8 cm³/mol. The van der Waals surface area contributed by atoms with E-state index in [1.54, 1.807) is 0 Å². The number of hydrogen-bond acceptors (Lipinski definition) is 2. The minimum absolute atomic E-state index is 0.408. The van der Waals surface area contributed by atoms with Crippen LogP contribution in [0.5, 0.6) is 0 Å². The number of halogens is 1. The molecule has 2 rings (SSSR count).